The van der Waals surface area contributed by atoms with E-state index in [0.717, 1.165) is 44.5 Å². The molecule has 0 amide bonds. The highest BCUT2D eigenvalue weighted by molar-refractivity contribution is 5.30. The first kappa shape index (κ1) is 20.0. The molecule has 0 radical (unpaired) electrons. The highest BCUT2D eigenvalue weighted by Gasteiger charge is 2.19. The van der Waals surface area contributed by atoms with Crippen molar-refractivity contribution in [1.29, 1.82) is 0 Å². The lowest BCUT2D eigenvalue weighted by atomic mass is 10.0. The van der Waals surface area contributed by atoms with Gasteiger partial charge in [-0.25, -0.2) is 4.39 Å². The maximum atomic E-state index is 13.0. The van der Waals surface area contributed by atoms with Crippen LogP contribution in [-0.2, 0) is 6.42 Å². The molecule has 0 spiro atoms. The van der Waals surface area contributed by atoms with Crippen molar-refractivity contribution in [3.8, 4) is 0 Å². The molecule has 2 aromatic rings. The average molecular weight is 371 g/mol. The zero-order valence-electron chi connectivity index (χ0n) is 16.4. The van der Waals surface area contributed by atoms with Gasteiger partial charge in [-0.05, 0) is 69.5 Å². The van der Waals surface area contributed by atoms with Crippen LogP contribution in [0.2, 0.25) is 0 Å². The van der Waals surface area contributed by atoms with Crippen LogP contribution in [0.5, 0.6) is 0 Å². The molecule has 0 aliphatic carbocycles. The molecule has 0 bridgehead atoms. The van der Waals surface area contributed by atoms with Crippen LogP contribution in [0.15, 0.2) is 42.5 Å². The molecule has 1 aliphatic rings. The predicted molar refractivity (Wildman–Crippen MR) is 108 cm³/mol. The summed E-state index contributed by atoms with van der Waals surface area (Å²) in [7, 11) is 0. The minimum Gasteiger partial charge on any atom is -0.387 e. The lowest BCUT2D eigenvalue weighted by Crippen LogP contribution is -2.44. The number of aliphatic hydroxyl groups excluding tert-OH is 1. The minimum atomic E-state index is -0.458. The predicted octanol–water partition coefficient (Wildman–Crippen LogP) is 3.77. The Morgan fingerprint density at radius 1 is 1.07 bits per heavy atom. The fourth-order valence-corrected chi connectivity index (χ4v) is 3.90. The molecule has 0 aromatic heterocycles. The van der Waals surface area contributed by atoms with E-state index in [1.165, 1.54) is 28.8 Å². The van der Waals surface area contributed by atoms with E-state index in [-0.39, 0.29) is 5.82 Å². The summed E-state index contributed by atoms with van der Waals surface area (Å²) >= 11 is 0. The van der Waals surface area contributed by atoms with Gasteiger partial charge >= 0.3 is 0 Å². The molecule has 1 heterocycles. The van der Waals surface area contributed by atoms with Crippen LogP contribution in [0.1, 0.15) is 41.2 Å². The van der Waals surface area contributed by atoms with Crippen molar-refractivity contribution in [3.05, 3.63) is 70.5 Å². The fourth-order valence-electron chi connectivity index (χ4n) is 3.90. The standard InChI is InChI=1S/C23H31FN2O/c1-17-13-18(2)15-20(14-17)23(27)16-25-22-8-11-26(12-9-22)10-7-19-3-5-21(24)6-4-19/h3-6,13-15,22-23,25,27H,7-12,16H2,1-2H3. The molecule has 3 nitrogen and oxygen atoms in total. The van der Waals surface area contributed by atoms with Crippen molar-refractivity contribution in [1.82, 2.24) is 10.2 Å². The van der Waals surface area contributed by atoms with E-state index in [4.69, 9.17) is 0 Å². The van der Waals surface area contributed by atoms with Gasteiger partial charge in [-0.15, -0.1) is 0 Å². The Hall–Kier alpha value is -1.75. The van der Waals surface area contributed by atoms with Crippen molar-refractivity contribution in [2.24, 2.45) is 0 Å². The number of benzene rings is 2. The lowest BCUT2D eigenvalue weighted by Gasteiger charge is -2.33. The summed E-state index contributed by atoms with van der Waals surface area (Å²) in [5.41, 5.74) is 4.57. The van der Waals surface area contributed by atoms with Gasteiger partial charge in [-0.1, -0.05) is 41.5 Å². The maximum absolute atomic E-state index is 13.0. The summed E-state index contributed by atoms with van der Waals surface area (Å²) in [6, 6.07) is 13.5. The van der Waals surface area contributed by atoms with Gasteiger partial charge in [0, 0.05) is 19.1 Å². The monoisotopic (exact) mass is 370 g/mol. The number of piperidine rings is 1. The Morgan fingerprint density at radius 2 is 1.70 bits per heavy atom. The van der Waals surface area contributed by atoms with E-state index in [1.54, 1.807) is 0 Å². The van der Waals surface area contributed by atoms with Crippen molar-refractivity contribution >= 4 is 0 Å². The second-order valence-corrected chi connectivity index (χ2v) is 7.84. The van der Waals surface area contributed by atoms with Crippen LogP contribution in [0.3, 0.4) is 0 Å². The van der Waals surface area contributed by atoms with Crippen LogP contribution in [-0.4, -0.2) is 42.2 Å². The maximum Gasteiger partial charge on any atom is 0.123 e. The van der Waals surface area contributed by atoms with E-state index in [9.17, 15) is 9.50 Å². The first-order valence-corrected chi connectivity index (χ1v) is 9.96. The number of likely N-dealkylation sites (tertiary alicyclic amines) is 1. The van der Waals surface area contributed by atoms with Crippen molar-refractivity contribution in [3.63, 3.8) is 0 Å². The Labute approximate surface area is 162 Å². The second-order valence-electron chi connectivity index (χ2n) is 7.84. The van der Waals surface area contributed by atoms with E-state index >= 15 is 0 Å². The van der Waals surface area contributed by atoms with Crippen molar-refractivity contribution in [2.75, 3.05) is 26.2 Å². The van der Waals surface area contributed by atoms with Crippen molar-refractivity contribution < 1.29 is 9.50 Å². The molecule has 1 aliphatic heterocycles. The fraction of sp³-hybridized carbons (Fsp3) is 0.478. The molecule has 1 unspecified atom stereocenters. The van der Waals surface area contributed by atoms with E-state index in [1.807, 2.05) is 12.1 Å². The van der Waals surface area contributed by atoms with Gasteiger partial charge in [0.1, 0.15) is 5.82 Å². The van der Waals surface area contributed by atoms with Gasteiger partial charge in [0.05, 0.1) is 6.10 Å². The third-order valence-electron chi connectivity index (χ3n) is 5.45. The molecule has 1 atom stereocenters. The van der Waals surface area contributed by atoms with Gasteiger partial charge < -0.3 is 15.3 Å². The molecule has 2 N–H and O–H groups in total. The molecule has 1 saturated heterocycles. The molecule has 27 heavy (non-hydrogen) atoms. The smallest absolute Gasteiger partial charge is 0.123 e. The molecule has 3 rings (SSSR count). The Bertz CT molecular complexity index is 703. The number of nitrogens with zero attached hydrogens (tertiary/aromatic N) is 1. The quantitative estimate of drug-likeness (QED) is 0.779. The number of halogens is 1. The normalized spacial score (nSPS) is 17.2. The van der Waals surface area contributed by atoms with Crippen LogP contribution < -0.4 is 5.32 Å². The molecule has 146 valence electrons. The van der Waals surface area contributed by atoms with Gasteiger partial charge in [-0.3, -0.25) is 0 Å². The average Bonchev–Trinajstić information content (AvgIpc) is 2.66. The van der Waals surface area contributed by atoms with E-state index in [0.29, 0.717) is 12.6 Å². The third kappa shape index (κ3) is 6.13. The van der Waals surface area contributed by atoms with Crippen LogP contribution in [0.4, 0.5) is 4.39 Å². The zero-order valence-corrected chi connectivity index (χ0v) is 16.4. The SMILES string of the molecule is Cc1cc(C)cc(C(O)CNC2CCN(CCc3ccc(F)cc3)CC2)c1. The Balaban J connectivity index is 1.38. The van der Waals surface area contributed by atoms with Crippen LogP contribution >= 0.6 is 0 Å². The van der Waals surface area contributed by atoms with E-state index in [2.05, 4.69) is 42.3 Å². The number of hydrogen-bond donors (Lipinski definition) is 2. The summed E-state index contributed by atoms with van der Waals surface area (Å²) < 4.78 is 13.0. The number of aliphatic hydroxyl groups is 1. The molecular weight excluding hydrogens is 339 g/mol. The number of hydrogen-bond acceptors (Lipinski definition) is 3. The lowest BCUT2D eigenvalue weighted by molar-refractivity contribution is 0.152. The molecule has 0 saturated carbocycles. The number of aryl methyl sites for hydroxylation is 2. The molecule has 4 heteroatoms. The van der Waals surface area contributed by atoms with Gasteiger partial charge in [-0.2, -0.15) is 0 Å². The Morgan fingerprint density at radius 3 is 2.33 bits per heavy atom. The summed E-state index contributed by atoms with van der Waals surface area (Å²) in [5, 5.41) is 14.0. The summed E-state index contributed by atoms with van der Waals surface area (Å²) in [4.78, 5) is 2.47. The first-order chi connectivity index (χ1) is 13.0. The molecule has 2 aromatic carbocycles. The second kappa shape index (κ2) is 9.45. The van der Waals surface area contributed by atoms with Gasteiger partial charge in [0.15, 0.2) is 0 Å². The van der Waals surface area contributed by atoms with Crippen LogP contribution in [0, 0.1) is 19.7 Å². The van der Waals surface area contributed by atoms with E-state index < -0.39 is 6.10 Å². The highest BCUT2D eigenvalue weighted by Crippen LogP contribution is 2.18. The minimum absolute atomic E-state index is 0.173. The van der Waals surface area contributed by atoms with Gasteiger partial charge in [0.2, 0.25) is 0 Å². The highest BCUT2D eigenvalue weighted by atomic mass is 19.1. The molecule has 1 fully saturated rings. The largest absolute Gasteiger partial charge is 0.387 e. The first-order valence-electron chi connectivity index (χ1n) is 9.96. The summed E-state index contributed by atoms with van der Waals surface area (Å²) in [6.45, 7) is 7.89. The number of nitrogens with one attached hydrogen (secondary N) is 1. The Kier molecular flexibility index (Phi) is 7.00. The van der Waals surface area contributed by atoms with Gasteiger partial charge in [0.25, 0.3) is 0 Å². The van der Waals surface area contributed by atoms with Crippen molar-refractivity contribution in [2.45, 2.75) is 45.3 Å². The topological polar surface area (TPSA) is 35.5 Å². The van der Waals surface area contributed by atoms with Crippen LogP contribution in [0.25, 0.3) is 0 Å². The summed E-state index contributed by atoms with van der Waals surface area (Å²) in [6.07, 6.45) is 2.70. The molecular formula is C23H31FN2O. The zero-order chi connectivity index (χ0) is 19.2. The number of rotatable bonds is 7. The third-order valence-corrected chi connectivity index (χ3v) is 5.45. The summed E-state index contributed by atoms with van der Waals surface area (Å²) in [5.74, 6) is -0.173.